The molecule has 1 aliphatic heterocycles. The lowest BCUT2D eigenvalue weighted by atomic mass is 10.0. The molecule has 33 heavy (non-hydrogen) atoms. The van der Waals surface area contributed by atoms with E-state index in [0.29, 0.717) is 0 Å². The Bertz CT molecular complexity index is 1240. The van der Waals surface area contributed by atoms with Crippen LogP contribution in [-0.4, -0.2) is 29.3 Å². The number of aliphatic hydroxyl groups excluding tert-OH is 1. The summed E-state index contributed by atoms with van der Waals surface area (Å²) in [6.45, 7) is 4.01. The van der Waals surface area contributed by atoms with Gasteiger partial charge in [-0.25, -0.2) is 0 Å². The summed E-state index contributed by atoms with van der Waals surface area (Å²) in [6, 6.07) is 17.1. The third-order valence-corrected chi connectivity index (χ3v) is 7.04. The van der Waals surface area contributed by atoms with Crippen molar-refractivity contribution in [3.63, 3.8) is 0 Å². The van der Waals surface area contributed by atoms with Crippen molar-refractivity contribution in [2.75, 3.05) is 23.3 Å². The smallest absolute Gasteiger partial charge is 0.145 e. The summed E-state index contributed by atoms with van der Waals surface area (Å²) in [6.07, 6.45) is 7.50. The molecule has 168 valence electrons. The van der Waals surface area contributed by atoms with Gasteiger partial charge in [0.25, 0.3) is 0 Å². The van der Waals surface area contributed by atoms with Gasteiger partial charge in [0.1, 0.15) is 11.9 Å². The molecule has 2 heterocycles. The van der Waals surface area contributed by atoms with Crippen molar-refractivity contribution >= 4 is 22.6 Å². The molecule has 0 saturated heterocycles. The molecule has 6 rings (SSSR count). The molecule has 5 nitrogen and oxygen atoms in total. The number of benzene rings is 2. The van der Waals surface area contributed by atoms with Crippen LogP contribution in [0.4, 0.5) is 17.1 Å². The second-order valence-corrected chi connectivity index (χ2v) is 9.30. The Hall–Kier alpha value is -3.31. The van der Waals surface area contributed by atoms with Crippen LogP contribution in [0.3, 0.4) is 0 Å². The molecule has 2 atom stereocenters. The molecule has 2 aromatic carbocycles. The first-order chi connectivity index (χ1) is 16.2. The zero-order chi connectivity index (χ0) is 22.4. The van der Waals surface area contributed by atoms with Gasteiger partial charge in [-0.15, -0.1) is 0 Å². The minimum absolute atomic E-state index is 0.137. The summed E-state index contributed by atoms with van der Waals surface area (Å²) >= 11 is 0. The molecule has 0 fully saturated rings. The number of ether oxygens (including phenoxy) is 1. The fourth-order valence-electron chi connectivity index (χ4n) is 5.42. The monoisotopic (exact) mass is 439 g/mol. The van der Waals surface area contributed by atoms with E-state index in [1.54, 1.807) is 6.20 Å². The number of pyridine rings is 1. The van der Waals surface area contributed by atoms with Crippen molar-refractivity contribution in [1.82, 2.24) is 4.98 Å². The largest absolute Gasteiger partial charge is 0.487 e. The number of hydrogen-bond acceptors (Lipinski definition) is 5. The van der Waals surface area contributed by atoms with Crippen LogP contribution in [0.25, 0.3) is 5.57 Å². The van der Waals surface area contributed by atoms with Gasteiger partial charge in [0, 0.05) is 30.2 Å². The van der Waals surface area contributed by atoms with Gasteiger partial charge in [-0.05, 0) is 73.1 Å². The van der Waals surface area contributed by atoms with Crippen molar-refractivity contribution < 1.29 is 9.84 Å². The van der Waals surface area contributed by atoms with Gasteiger partial charge in [-0.3, -0.25) is 4.98 Å². The van der Waals surface area contributed by atoms with E-state index < -0.39 is 6.10 Å². The normalized spacial score (nSPS) is 20.5. The minimum atomic E-state index is -0.454. The number of allylic oxidation sites excluding steroid dienone is 1. The van der Waals surface area contributed by atoms with E-state index in [4.69, 9.17) is 4.74 Å². The van der Waals surface area contributed by atoms with E-state index >= 15 is 0 Å². The van der Waals surface area contributed by atoms with Crippen molar-refractivity contribution in [1.29, 1.82) is 0 Å². The van der Waals surface area contributed by atoms with E-state index in [9.17, 15) is 5.11 Å². The topological polar surface area (TPSA) is 57.6 Å². The van der Waals surface area contributed by atoms with Crippen molar-refractivity contribution in [3.05, 3.63) is 83.2 Å². The number of hydrogen-bond donors (Lipinski definition) is 2. The molecule has 0 amide bonds. The standard InChI is InChI=1S/C28H29N3O2/c1-18-17-31(15-13-20-7-6-19-4-2-3-5-22(19)20)25-10-8-21(16-27(25)33-18)30-24-12-14-29-28-23(24)9-11-26(28)32/h2-5,7-8,10,12,14,16,18,26,32H,6,9,11,13,15,17H2,1H3,(H,29,30). The molecule has 0 bridgehead atoms. The number of aromatic nitrogens is 1. The second kappa shape index (κ2) is 8.23. The Kier molecular flexibility index (Phi) is 5.07. The number of nitrogens with one attached hydrogen (secondary N) is 1. The average molecular weight is 440 g/mol. The molecule has 3 aliphatic rings. The lowest BCUT2D eigenvalue weighted by Crippen LogP contribution is -2.39. The van der Waals surface area contributed by atoms with Crippen molar-refractivity contribution in [2.45, 2.75) is 44.8 Å². The minimum Gasteiger partial charge on any atom is -0.487 e. The maximum Gasteiger partial charge on any atom is 0.145 e. The molecule has 2 aliphatic carbocycles. The molecular formula is C28H29N3O2. The van der Waals surface area contributed by atoms with E-state index in [2.05, 4.69) is 70.7 Å². The summed E-state index contributed by atoms with van der Waals surface area (Å²) in [4.78, 5) is 6.83. The first-order valence-electron chi connectivity index (χ1n) is 11.9. The third kappa shape index (κ3) is 3.76. The summed E-state index contributed by atoms with van der Waals surface area (Å²) in [5, 5.41) is 13.7. The van der Waals surface area contributed by atoms with Crippen LogP contribution < -0.4 is 15.0 Å². The molecule has 3 aromatic rings. The molecule has 2 N–H and O–H groups in total. The first-order valence-corrected chi connectivity index (χ1v) is 11.9. The van der Waals surface area contributed by atoms with Gasteiger partial charge in [0.15, 0.2) is 0 Å². The van der Waals surface area contributed by atoms with Crippen LogP contribution in [0.5, 0.6) is 5.75 Å². The zero-order valence-electron chi connectivity index (χ0n) is 18.9. The highest BCUT2D eigenvalue weighted by molar-refractivity contribution is 5.74. The highest BCUT2D eigenvalue weighted by Gasteiger charge is 2.26. The predicted octanol–water partition coefficient (Wildman–Crippen LogP) is 5.42. The number of nitrogens with zero attached hydrogens (tertiary/aromatic N) is 2. The zero-order valence-corrected chi connectivity index (χ0v) is 18.9. The van der Waals surface area contributed by atoms with Crippen LogP contribution in [0.1, 0.15) is 48.3 Å². The maximum absolute atomic E-state index is 10.2. The third-order valence-electron chi connectivity index (χ3n) is 7.04. The van der Waals surface area contributed by atoms with Crippen LogP contribution in [0.2, 0.25) is 0 Å². The number of fused-ring (bicyclic) bond motifs is 3. The Labute approximate surface area is 194 Å². The summed E-state index contributed by atoms with van der Waals surface area (Å²) < 4.78 is 6.23. The van der Waals surface area contributed by atoms with E-state index in [-0.39, 0.29) is 6.10 Å². The highest BCUT2D eigenvalue weighted by Crippen LogP contribution is 2.39. The Morgan fingerprint density at radius 1 is 1.18 bits per heavy atom. The van der Waals surface area contributed by atoms with Crippen LogP contribution in [0.15, 0.2) is 60.8 Å². The Balaban J connectivity index is 1.21. The van der Waals surface area contributed by atoms with Crippen LogP contribution >= 0.6 is 0 Å². The maximum atomic E-state index is 10.2. The van der Waals surface area contributed by atoms with Gasteiger partial charge in [0.05, 0.1) is 24.0 Å². The number of aliphatic hydroxyl groups is 1. The summed E-state index contributed by atoms with van der Waals surface area (Å²) in [5.41, 5.74) is 9.39. The fourth-order valence-corrected chi connectivity index (χ4v) is 5.42. The number of rotatable bonds is 5. The summed E-state index contributed by atoms with van der Waals surface area (Å²) in [7, 11) is 0. The molecule has 1 aromatic heterocycles. The van der Waals surface area contributed by atoms with Gasteiger partial charge >= 0.3 is 0 Å². The predicted molar refractivity (Wildman–Crippen MR) is 132 cm³/mol. The van der Waals surface area contributed by atoms with Crippen molar-refractivity contribution in [3.8, 4) is 5.75 Å². The SMILES string of the molecule is CC1CN(CCC2=CCc3ccccc32)c2ccc(Nc3ccnc4c3CCC4O)cc2O1. The summed E-state index contributed by atoms with van der Waals surface area (Å²) in [5.74, 6) is 0.922. The van der Waals surface area contributed by atoms with Gasteiger partial charge in [0.2, 0.25) is 0 Å². The molecule has 0 saturated carbocycles. The average Bonchev–Trinajstić information content (AvgIpc) is 3.41. The molecule has 0 spiro atoms. The number of anilines is 3. The quantitative estimate of drug-likeness (QED) is 0.556. The molecule has 2 unspecified atom stereocenters. The Morgan fingerprint density at radius 2 is 2.09 bits per heavy atom. The van der Waals surface area contributed by atoms with E-state index in [1.165, 1.54) is 16.7 Å². The Morgan fingerprint density at radius 3 is 3.03 bits per heavy atom. The fraction of sp³-hybridized carbons (Fsp3) is 0.321. The van der Waals surface area contributed by atoms with E-state index in [0.717, 1.165) is 72.8 Å². The first kappa shape index (κ1) is 20.3. The second-order valence-electron chi connectivity index (χ2n) is 9.30. The van der Waals surface area contributed by atoms with Crippen molar-refractivity contribution in [2.24, 2.45) is 0 Å². The lowest BCUT2D eigenvalue weighted by molar-refractivity contribution is 0.176. The lowest BCUT2D eigenvalue weighted by Gasteiger charge is -2.35. The van der Waals surface area contributed by atoms with E-state index in [1.807, 2.05) is 6.07 Å². The highest BCUT2D eigenvalue weighted by atomic mass is 16.5. The van der Waals surface area contributed by atoms with Gasteiger partial charge < -0.3 is 20.1 Å². The molecule has 0 radical (unpaired) electrons. The van der Waals surface area contributed by atoms with Crippen LogP contribution in [0, 0.1) is 0 Å². The molecule has 5 heteroatoms. The van der Waals surface area contributed by atoms with Gasteiger partial charge in [-0.2, -0.15) is 0 Å². The molecular weight excluding hydrogens is 410 g/mol. The van der Waals surface area contributed by atoms with Gasteiger partial charge in [-0.1, -0.05) is 30.3 Å². The van der Waals surface area contributed by atoms with Crippen LogP contribution in [-0.2, 0) is 12.8 Å².